The lowest BCUT2D eigenvalue weighted by atomic mass is 10.2. The van der Waals surface area contributed by atoms with Gasteiger partial charge in [0.2, 0.25) is 0 Å². The zero-order valence-corrected chi connectivity index (χ0v) is 8.98. The third-order valence-corrected chi connectivity index (χ3v) is 1.98. The standard InChI is InChI=1S/C11H16N2O2/c1-2-3-4-5-7-10(14)15-11-12-8-6-9-13-11/h6,8-9H,2-5,7H2,1H3. The summed E-state index contributed by atoms with van der Waals surface area (Å²) in [7, 11) is 0. The minimum Gasteiger partial charge on any atom is -0.391 e. The molecule has 0 atom stereocenters. The predicted octanol–water partition coefficient (Wildman–Crippen LogP) is 2.35. The maximum atomic E-state index is 11.3. The van der Waals surface area contributed by atoms with Crippen LogP contribution >= 0.6 is 0 Å². The second-order valence-electron chi connectivity index (χ2n) is 3.32. The van der Waals surface area contributed by atoms with Gasteiger partial charge in [0, 0.05) is 18.8 Å². The lowest BCUT2D eigenvalue weighted by Crippen LogP contribution is -2.09. The Bertz CT molecular complexity index is 288. The topological polar surface area (TPSA) is 52.1 Å². The van der Waals surface area contributed by atoms with Gasteiger partial charge in [-0.1, -0.05) is 26.2 Å². The van der Waals surface area contributed by atoms with Crippen molar-refractivity contribution in [2.75, 3.05) is 0 Å². The van der Waals surface area contributed by atoms with E-state index in [0.717, 1.165) is 25.7 Å². The van der Waals surface area contributed by atoms with Crippen LogP contribution in [0.4, 0.5) is 0 Å². The zero-order chi connectivity index (χ0) is 10.9. The van der Waals surface area contributed by atoms with Gasteiger partial charge in [-0.25, -0.2) is 9.97 Å². The zero-order valence-electron chi connectivity index (χ0n) is 8.98. The van der Waals surface area contributed by atoms with Gasteiger partial charge in [-0.2, -0.15) is 0 Å². The van der Waals surface area contributed by atoms with Gasteiger partial charge in [-0.15, -0.1) is 0 Å². The van der Waals surface area contributed by atoms with Crippen molar-refractivity contribution in [3.63, 3.8) is 0 Å². The molecule has 0 spiro atoms. The van der Waals surface area contributed by atoms with Crippen LogP contribution in [0, 0.1) is 0 Å². The van der Waals surface area contributed by atoms with Crippen molar-refractivity contribution >= 4 is 5.97 Å². The highest BCUT2D eigenvalue weighted by Crippen LogP contribution is 2.05. The summed E-state index contributed by atoms with van der Waals surface area (Å²) in [6.07, 6.45) is 7.81. The number of rotatable bonds is 6. The maximum absolute atomic E-state index is 11.3. The van der Waals surface area contributed by atoms with Crippen molar-refractivity contribution in [2.24, 2.45) is 0 Å². The number of hydrogen-bond acceptors (Lipinski definition) is 4. The molecule has 0 saturated carbocycles. The van der Waals surface area contributed by atoms with Crippen LogP contribution in [-0.2, 0) is 4.79 Å². The van der Waals surface area contributed by atoms with Crippen LogP contribution in [0.2, 0.25) is 0 Å². The first-order valence-corrected chi connectivity index (χ1v) is 5.30. The van der Waals surface area contributed by atoms with E-state index in [1.807, 2.05) is 0 Å². The smallest absolute Gasteiger partial charge is 0.324 e. The van der Waals surface area contributed by atoms with Crippen molar-refractivity contribution in [2.45, 2.75) is 39.0 Å². The number of unbranched alkanes of at least 4 members (excludes halogenated alkanes) is 3. The summed E-state index contributed by atoms with van der Waals surface area (Å²) in [5, 5.41) is 0. The van der Waals surface area contributed by atoms with Crippen LogP contribution in [0.5, 0.6) is 6.01 Å². The molecule has 0 unspecified atom stereocenters. The summed E-state index contributed by atoms with van der Waals surface area (Å²) in [5.74, 6) is -0.252. The molecular formula is C11H16N2O2. The lowest BCUT2D eigenvalue weighted by molar-refractivity contribution is -0.135. The van der Waals surface area contributed by atoms with Crippen LogP contribution < -0.4 is 4.74 Å². The molecule has 0 fully saturated rings. The minimum atomic E-state index is -0.252. The Hall–Kier alpha value is -1.45. The molecule has 1 aromatic heterocycles. The number of carbonyl (C=O) groups excluding carboxylic acids is 1. The van der Waals surface area contributed by atoms with E-state index in [-0.39, 0.29) is 12.0 Å². The summed E-state index contributed by atoms with van der Waals surface area (Å²) in [6, 6.07) is 1.82. The Morgan fingerprint density at radius 3 is 2.67 bits per heavy atom. The Kier molecular flexibility index (Phi) is 5.37. The first-order chi connectivity index (χ1) is 7.33. The molecule has 15 heavy (non-hydrogen) atoms. The maximum Gasteiger partial charge on any atom is 0.324 e. The van der Waals surface area contributed by atoms with Gasteiger partial charge in [0.25, 0.3) is 0 Å². The highest BCUT2D eigenvalue weighted by molar-refractivity contribution is 5.71. The van der Waals surface area contributed by atoms with Gasteiger partial charge in [0.1, 0.15) is 0 Å². The van der Waals surface area contributed by atoms with Gasteiger partial charge in [-0.05, 0) is 12.5 Å². The van der Waals surface area contributed by atoms with E-state index in [1.54, 1.807) is 18.5 Å². The Balaban J connectivity index is 2.19. The largest absolute Gasteiger partial charge is 0.391 e. The third kappa shape index (κ3) is 5.10. The molecule has 0 aliphatic carbocycles. The van der Waals surface area contributed by atoms with Crippen LogP contribution in [0.25, 0.3) is 0 Å². The number of nitrogens with zero attached hydrogens (tertiary/aromatic N) is 2. The SMILES string of the molecule is CCCCCCC(=O)Oc1ncccn1. The average molecular weight is 208 g/mol. The van der Waals surface area contributed by atoms with Gasteiger partial charge < -0.3 is 4.74 Å². The first-order valence-electron chi connectivity index (χ1n) is 5.30. The van der Waals surface area contributed by atoms with Crippen LogP contribution in [0.3, 0.4) is 0 Å². The summed E-state index contributed by atoms with van der Waals surface area (Å²) in [4.78, 5) is 18.9. The highest BCUT2D eigenvalue weighted by atomic mass is 16.5. The molecule has 0 aliphatic rings. The normalized spacial score (nSPS) is 9.93. The van der Waals surface area contributed by atoms with Gasteiger partial charge in [-0.3, -0.25) is 4.79 Å². The van der Waals surface area contributed by atoms with Crippen LogP contribution in [-0.4, -0.2) is 15.9 Å². The summed E-state index contributed by atoms with van der Waals surface area (Å²) < 4.78 is 4.93. The molecule has 4 nitrogen and oxygen atoms in total. The Labute approximate surface area is 89.7 Å². The number of ether oxygens (including phenoxy) is 1. The molecular weight excluding hydrogens is 192 g/mol. The van der Waals surface area contributed by atoms with Crippen molar-refractivity contribution in [1.29, 1.82) is 0 Å². The highest BCUT2D eigenvalue weighted by Gasteiger charge is 2.05. The molecule has 0 N–H and O–H groups in total. The Morgan fingerprint density at radius 1 is 1.27 bits per heavy atom. The van der Waals surface area contributed by atoms with Gasteiger partial charge >= 0.3 is 12.0 Å². The van der Waals surface area contributed by atoms with Gasteiger partial charge in [0.15, 0.2) is 0 Å². The van der Waals surface area contributed by atoms with Crippen molar-refractivity contribution in [3.05, 3.63) is 18.5 Å². The quantitative estimate of drug-likeness (QED) is 0.532. The monoisotopic (exact) mass is 208 g/mol. The Morgan fingerprint density at radius 2 is 2.00 bits per heavy atom. The predicted molar refractivity (Wildman–Crippen MR) is 56.4 cm³/mol. The number of aromatic nitrogens is 2. The molecule has 0 saturated heterocycles. The third-order valence-electron chi connectivity index (χ3n) is 1.98. The van der Waals surface area contributed by atoms with E-state index in [4.69, 9.17) is 4.74 Å². The summed E-state index contributed by atoms with van der Waals surface area (Å²) in [6.45, 7) is 2.14. The van der Waals surface area contributed by atoms with E-state index in [1.165, 1.54) is 0 Å². The fourth-order valence-electron chi connectivity index (χ4n) is 1.19. The molecule has 0 amide bonds. The van der Waals surface area contributed by atoms with E-state index in [2.05, 4.69) is 16.9 Å². The van der Waals surface area contributed by atoms with E-state index in [0.29, 0.717) is 6.42 Å². The first kappa shape index (κ1) is 11.6. The molecule has 1 aromatic rings. The molecule has 0 radical (unpaired) electrons. The molecule has 1 heterocycles. The van der Waals surface area contributed by atoms with Crippen molar-refractivity contribution < 1.29 is 9.53 Å². The average Bonchev–Trinajstić information content (AvgIpc) is 2.26. The van der Waals surface area contributed by atoms with Gasteiger partial charge in [0.05, 0.1) is 0 Å². The van der Waals surface area contributed by atoms with Crippen molar-refractivity contribution in [1.82, 2.24) is 9.97 Å². The lowest BCUT2D eigenvalue weighted by Gasteiger charge is -2.01. The van der Waals surface area contributed by atoms with E-state index in [9.17, 15) is 4.79 Å². The fraction of sp³-hybridized carbons (Fsp3) is 0.545. The molecule has 0 bridgehead atoms. The second-order valence-corrected chi connectivity index (χ2v) is 3.32. The molecule has 0 aliphatic heterocycles. The molecule has 0 aromatic carbocycles. The van der Waals surface area contributed by atoms with E-state index < -0.39 is 0 Å². The number of esters is 1. The summed E-state index contributed by atoms with van der Waals surface area (Å²) >= 11 is 0. The van der Waals surface area contributed by atoms with Crippen LogP contribution in [0.1, 0.15) is 39.0 Å². The molecule has 1 rings (SSSR count). The van der Waals surface area contributed by atoms with E-state index >= 15 is 0 Å². The molecule has 82 valence electrons. The fourth-order valence-corrected chi connectivity index (χ4v) is 1.19. The number of carbonyl (C=O) groups is 1. The second kappa shape index (κ2) is 6.92. The number of hydrogen-bond donors (Lipinski definition) is 0. The minimum absolute atomic E-state index is 0.137. The summed E-state index contributed by atoms with van der Waals surface area (Å²) in [5.41, 5.74) is 0. The van der Waals surface area contributed by atoms with Crippen molar-refractivity contribution in [3.8, 4) is 6.01 Å². The van der Waals surface area contributed by atoms with Crippen LogP contribution in [0.15, 0.2) is 18.5 Å². The molecule has 4 heteroatoms.